The average Bonchev–Trinajstić information content (AvgIpc) is 3.03. The van der Waals surface area contributed by atoms with Gasteiger partial charge in [0.05, 0.1) is 25.6 Å². The minimum atomic E-state index is -0.372. The zero-order valence-corrected chi connectivity index (χ0v) is 15.8. The number of hydrogen-bond acceptors (Lipinski definition) is 4. The van der Waals surface area contributed by atoms with Gasteiger partial charge in [-0.2, -0.15) is 5.10 Å². The summed E-state index contributed by atoms with van der Waals surface area (Å²) in [6.45, 7) is 1.88. The number of aryl methyl sites for hydroxylation is 1. The van der Waals surface area contributed by atoms with Crippen LogP contribution in [0.4, 0.5) is 10.2 Å². The normalized spacial score (nSPS) is 15.7. The van der Waals surface area contributed by atoms with E-state index in [1.54, 1.807) is 17.9 Å². The number of carbonyl (C=O) groups excluding carboxylic acids is 1. The maximum atomic E-state index is 14.0. The lowest BCUT2D eigenvalue weighted by atomic mass is 9.85. The summed E-state index contributed by atoms with van der Waals surface area (Å²) in [5, 5.41) is 7.56. The summed E-state index contributed by atoms with van der Waals surface area (Å²) in [5.74, 6) is 0.996. The van der Waals surface area contributed by atoms with Crippen LogP contribution in [0.1, 0.15) is 29.2 Å². The Labute approximate surface area is 161 Å². The van der Waals surface area contributed by atoms with Crippen LogP contribution < -0.4 is 14.8 Å². The van der Waals surface area contributed by atoms with E-state index in [0.717, 1.165) is 22.7 Å². The van der Waals surface area contributed by atoms with Gasteiger partial charge in [-0.15, -0.1) is 0 Å². The van der Waals surface area contributed by atoms with Crippen molar-refractivity contribution in [2.45, 2.75) is 19.3 Å². The van der Waals surface area contributed by atoms with E-state index in [2.05, 4.69) is 10.4 Å². The maximum Gasteiger partial charge on any atom is 0.226 e. The highest BCUT2D eigenvalue weighted by Gasteiger charge is 2.34. The number of halogens is 1. The van der Waals surface area contributed by atoms with Crippen LogP contribution >= 0.6 is 0 Å². The quantitative estimate of drug-likeness (QED) is 0.746. The molecule has 1 N–H and O–H groups in total. The minimum absolute atomic E-state index is 0.154. The standard InChI is InChI=1S/C21H20FN3O3/c1-12-20-17(16-10-13(22)4-9-18(16)28-3)11-19(26)23-21(20)25(24-12)14-5-7-15(27-2)8-6-14/h4-10,17H,11H2,1-3H3,(H,23,26). The Balaban J connectivity index is 1.87. The first-order chi connectivity index (χ1) is 13.5. The number of carbonyl (C=O) groups is 1. The number of hydrogen-bond donors (Lipinski definition) is 1. The van der Waals surface area contributed by atoms with E-state index in [1.165, 1.54) is 19.2 Å². The molecule has 28 heavy (non-hydrogen) atoms. The highest BCUT2D eigenvalue weighted by molar-refractivity contribution is 5.95. The largest absolute Gasteiger partial charge is 0.497 e. The number of methoxy groups -OCH3 is 2. The van der Waals surface area contributed by atoms with E-state index < -0.39 is 0 Å². The predicted molar refractivity (Wildman–Crippen MR) is 103 cm³/mol. The number of benzene rings is 2. The van der Waals surface area contributed by atoms with Crippen LogP contribution in [0.3, 0.4) is 0 Å². The number of amides is 1. The zero-order valence-electron chi connectivity index (χ0n) is 15.8. The van der Waals surface area contributed by atoms with Gasteiger partial charge in [0.25, 0.3) is 0 Å². The fraction of sp³-hybridized carbons (Fsp3) is 0.238. The van der Waals surface area contributed by atoms with Crippen molar-refractivity contribution in [3.63, 3.8) is 0 Å². The summed E-state index contributed by atoms with van der Waals surface area (Å²) in [5.41, 5.74) is 3.05. The fourth-order valence-corrected chi connectivity index (χ4v) is 3.70. The molecule has 1 aromatic heterocycles. The van der Waals surface area contributed by atoms with E-state index in [4.69, 9.17) is 9.47 Å². The summed E-state index contributed by atoms with van der Waals surface area (Å²) in [6.07, 6.45) is 0.196. The molecule has 2 aromatic carbocycles. The number of nitrogens with one attached hydrogen (secondary N) is 1. The highest BCUT2D eigenvalue weighted by atomic mass is 19.1. The molecule has 1 atom stereocenters. The van der Waals surface area contributed by atoms with Crippen molar-refractivity contribution in [3.8, 4) is 17.2 Å². The van der Waals surface area contributed by atoms with Crippen molar-refractivity contribution in [1.82, 2.24) is 9.78 Å². The molecule has 1 aliphatic rings. The molecule has 2 heterocycles. The molecule has 1 aliphatic heterocycles. The van der Waals surface area contributed by atoms with Gasteiger partial charge in [-0.1, -0.05) is 0 Å². The first kappa shape index (κ1) is 18.0. The van der Waals surface area contributed by atoms with E-state index >= 15 is 0 Å². The highest BCUT2D eigenvalue weighted by Crippen LogP contribution is 2.43. The van der Waals surface area contributed by atoms with Gasteiger partial charge in [-0.05, 0) is 49.4 Å². The Bertz CT molecular complexity index is 1040. The van der Waals surface area contributed by atoms with Crippen LogP contribution in [0.25, 0.3) is 5.69 Å². The third-order valence-electron chi connectivity index (χ3n) is 4.99. The number of anilines is 1. The van der Waals surface area contributed by atoms with Gasteiger partial charge in [0, 0.05) is 23.5 Å². The molecular formula is C21H20FN3O3. The minimum Gasteiger partial charge on any atom is -0.497 e. The molecule has 1 amide bonds. The van der Waals surface area contributed by atoms with Crippen molar-refractivity contribution >= 4 is 11.7 Å². The van der Waals surface area contributed by atoms with Gasteiger partial charge in [0.2, 0.25) is 5.91 Å². The second kappa shape index (κ2) is 6.99. The van der Waals surface area contributed by atoms with Gasteiger partial charge in [-0.25, -0.2) is 9.07 Å². The van der Waals surface area contributed by atoms with E-state index in [0.29, 0.717) is 17.1 Å². The number of nitrogens with zero attached hydrogens (tertiary/aromatic N) is 2. The molecule has 3 aromatic rings. The molecule has 0 spiro atoms. The predicted octanol–water partition coefficient (Wildman–Crippen LogP) is 3.81. The maximum absolute atomic E-state index is 14.0. The van der Waals surface area contributed by atoms with Crippen LogP contribution in [0.2, 0.25) is 0 Å². The van der Waals surface area contributed by atoms with Crippen molar-refractivity contribution in [3.05, 3.63) is 65.1 Å². The van der Waals surface area contributed by atoms with Crippen molar-refractivity contribution in [2.24, 2.45) is 0 Å². The number of aromatic nitrogens is 2. The van der Waals surface area contributed by atoms with Gasteiger partial charge in [-0.3, -0.25) is 4.79 Å². The van der Waals surface area contributed by atoms with Crippen LogP contribution in [-0.4, -0.2) is 29.9 Å². The molecule has 4 rings (SSSR count). The first-order valence-corrected chi connectivity index (χ1v) is 8.89. The van der Waals surface area contributed by atoms with Crippen LogP contribution in [0, 0.1) is 12.7 Å². The van der Waals surface area contributed by atoms with E-state index in [-0.39, 0.29) is 24.1 Å². The summed E-state index contributed by atoms with van der Waals surface area (Å²) in [4.78, 5) is 12.5. The summed E-state index contributed by atoms with van der Waals surface area (Å²) in [6, 6.07) is 11.7. The van der Waals surface area contributed by atoms with E-state index in [1.807, 2.05) is 31.2 Å². The topological polar surface area (TPSA) is 65.4 Å². The average molecular weight is 381 g/mol. The van der Waals surface area contributed by atoms with Crippen LogP contribution in [-0.2, 0) is 4.79 Å². The molecular weight excluding hydrogens is 361 g/mol. The number of fused-ring (bicyclic) bond motifs is 1. The Morgan fingerprint density at radius 3 is 2.57 bits per heavy atom. The molecule has 0 bridgehead atoms. The van der Waals surface area contributed by atoms with Crippen molar-refractivity contribution < 1.29 is 18.7 Å². The van der Waals surface area contributed by atoms with Gasteiger partial charge in [0.1, 0.15) is 23.1 Å². The molecule has 0 fully saturated rings. The Morgan fingerprint density at radius 2 is 1.89 bits per heavy atom. The first-order valence-electron chi connectivity index (χ1n) is 8.89. The summed E-state index contributed by atoms with van der Waals surface area (Å²) in [7, 11) is 3.14. The van der Waals surface area contributed by atoms with Gasteiger partial charge in [0.15, 0.2) is 0 Å². The van der Waals surface area contributed by atoms with Gasteiger partial charge >= 0.3 is 0 Å². The molecule has 0 saturated carbocycles. The second-order valence-corrected chi connectivity index (χ2v) is 6.65. The molecule has 0 aliphatic carbocycles. The number of ether oxygens (including phenoxy) is 2. The summed E-state index contributed by atoms with van der Waals surface area (Å²) >= 11 is 0. The lowest BCUT2D eigenvalue weighted by Gasteiger charge is -2.25. The van der Waals surface area contributed by atoms with Crippen LogP contribution in [0.15, 0.2) is 42.5 Å². The Hall–Kier alpha value is -3.35. The SMILES string of the molecule is COc1ccc(-n2nc(C)c3c2NC(=O)CC3c2cc(F)ccc2OC)cc1. The summed E-state index contributed by atoms with van der Waals surface area (Å²) < 4.78 is 26.3. The molecule has 6 nitrogen and oxygen atoms in total. The second-order valence-electron chi connectivity index (χ2n) is 6.65. The Kier molecular flexibility index (Phi) is 4.50. The third kappa shape index (κ3) is 2.98. The van der Waals surface area contributed by atoms with Crippen molar-refractivity contribution in [2.75, 3.05) is 19.5 Å². The molecule has 144 valence electrons. The smallest absolute Gasteiger partial charge is 0.226 e. The molecule has 7 heteroatoms. The number of rotatable bonds is 4. The zero-order chi connectivity index (χ0) is 19.8. The molecule has 1 unspecified atom stereocenters. The Morgan fingerprint density at radius 1 is 1.14 bits per heavy atom. The fourth-order valence-electron chi connectivity index (χ4n) is 3.70. The van der Waals surface area contributed by atoms with E-state index in [9.17, 15) is 9.18 Å². The monoisotopic (exact) mass is 381 g/mol. The molecule has 0 radical (unpaired) electrons. The van der Waals surface area contributed by atoms with Crippen LogP contribution in [0.5, 0.6) is 11.5 Å². The van der Waals surface area contributed by atoms with Crippen molar-refractivity contribution in [1.29, 1.82) is 0 Å². The third-order valence-corrected chi connectivity index (χ3v) is 4.99. The molecule has 0 saturated heterocycles. The lowest BCUT2D eigenvalue weighted by Crippen LogP contribution is -2.25. The lowest BCUT2D eigenvalue weighted by molar-refractivity contribution is -0.116. The van der Waals surface area contributed by atoms with Gasteiger partial charge < -0.3 is 14.8 Å².